The molecule has 8 heteroatoms. The van der Waals surface area contributed by atoms with Gasteiger partial charge in [0.15, 0.2) is 5.82 Å². The second-order valence-corrected chi connectivity index (χ2v) is 4.66. The van der Waals surface area contributed by atoms with Crippen molar-refractivity contribution in [3.63, 3.8) is 0 Å². The number of aryl methyl sites for hydroxylation is 1. The van der Waals surface area contributed by atoms with Gasteiger partial charge in [-0.3, -0.25) is 5.10 Å². The predicted molar refractivity (Wildman–Crippen MR) is 68.1 cm³/mol. The van der Waals surface area contributed by atoms with Crippen LogP contribution in [0.4, 0.5) is 13.2 Å². The summed E-state index contributed by atoms with van der Waals surface area (Å²) in [5, 5.41) is 2.82. The molecule has 0 radical (unpaired) electrons. The first-order valence-electron chi connectivity index (χ1n) is 5.37. The smallest absolute Gasteiger partial charge is 0.296 e. The number of alkyl halides is 3. The lowest BCUT2D eigenvalue weighted by Crippen LogP contribution is -2.08. The summed E-state index contributed by atoms with van der Waals surface area (Å²) >= 11 is 10.9. The van der Waals surface area contributed by atoms with Crippen LogP contribution in [0.25, 0.3) is 5.82 Å². The van der Waals surface area contributed by atoms with Gasteiger partial charge in [0.2, 0.25) is 0 Å². The van der Waals surface area contributed by atoms with E-state index in [1.807, 2.05) is 6.92 Å². The highest BCUT2D eigenvalue weighted by Gasteiger charge is 2.31. The summed E-state index contributed by atoms with van der Waals surface area (Å²) in [6.07, 6.45) is -3.02. The maximum absolute atomic E-state index is 12.5. The van der Waals surface area contributed by atoms with Crippen molar-refractivity contribution in [3.05, 3.63) is 39.3 Å². The Morgan fingerprint density at radius 1 is 1.42 bits per heavy atom. The Labute approximate surface area is 117 Å². The molecule has 0 unspecified atom stereocenters. The minimum atomic E-state index is -4.47. The molecule has 0 atom stereocenters. The fraction of sp³-hybridized carbons (Fsp3) is 0.273. The number of hydrogen-bond acceptors (Lipinski definition) is 2. The van der Waals surface area contributed by atoms with E-state index in [4.69, 9.17) is 23.8 Å². The summed E-state index contributed by atoms with van der Waals surface area (Å²) in [5.41, 5.74) is -0.0437. The number of H-pyrrole nitrogens is 1. The molecule has 102 valence electrons. The fourth-order valence-corrected chi connectivity index (χ4v) is 2.06. The molecule has 2 aromatic heterocycles. The number of aromatic nitrogens is 3. The number of aromatic amines is 1. The van der Waals surface area contributed by atoms with Crippen LogP contribution in [0.15, 0.2) is 18.3 Å². The summed E-state index contributed by atoms with van der Waals surface area (Å²) in [5.74, 6) is 0.152. The molecule has 0 aliphatic rings. The average Bonchev–Trinajstić information content (AvgIpc) is 2.69. The van der Waals surface area contributed by atoms with Gasteiger partial charge >= 0.3 is 6.18 Å². The molecule has 0 fully saturated rings. The van der Waals surface area contributed by atoms with Gasteiger partial charge in [-0.2, -0.15) is 13.2 Å². The van der Waals surface area contributed by atoms with Crippen LogP contribution in [-0.2, 0) is 12.6 Å². The molecule has 0 saturated carbocycles. The Morgan fingerprint density at radius 2 is 2.11 bits per heavy atom. The normalized spacial score (nSPS) is 11.8. The van der Waals surface area contributed by atoms with Crippen LogP contribution in [0.3, 0.4) is 0 Å². The second kappa shape index (κ2) is 4.97. The van der Waals surface area contributed by atoms with Gasteiger partial charge in [-0.1, -0.05) is 30.7 Å². The lowest BCUT2D eigenvalue weighted by atomic mass is 10.3. The molecular weight excluding hydrogens is 299 g/mol. The first-order chi connectivity index (χ1) is 8.82. The molecule has 0 spiro atoms. The number of pyridine rings is 1. The van der Waals surface area contributed by atoms with E-state index in [-0.39, 0.29) is 10.8 Å². The lowest BCUT2D eigenvalue weighted by Gasteiger charge is -2.09. The molecule has 0 aliphatic heterocycles. The molecule has 0 amide bonds. The summed E-state index contributed by atoms with van der Waals surface area (Å²) in [6, 6.07) is 2.54. The monoisotopic (exact) mass is 307 g/mol. The van der Waals surface area contributed by atoms with Crippen LogP contribution in [0.2, 0.25) is 5.02 Å². The zero-order chi connectivity index (χ0) is 14.2. The SMILES string of the molecule is CCc1cc(=S)n(-c2ncc(C(F)(F)F)cc2Cl)[nH]1. The second-order valence-electron chi connectivity index (χ2n) is 3.84. The van der Waals surface area contributed by atoms with Crippen LogP contribution in [0, 0.1) is 4.64 Å². The van der Waals surface area contributed by atoms with E-state index in [1.54, 1.807) is 6.07 Å². The van der Waals surface area contributed by atoms with Gasteiger partial charge in [0.1, 0.15) is 4.64 Å². The van der Waals surface area contributed by atoms with Crippen molar-refractivity contribution in [2.45, 2.75) is 19.5 Å². The van der Waals surface area contributed by atoms with Crippen molar-refractivity contribution < 1.29 is 13.2 Å². The number of nitrogens with zero attached hydrogens (tertiary/aromatic N) is 2. The van der Waals surface area contributed by atoms with E-state index in [9.17, 15) is 13.2 Å². The molecule has 0 aromatic carbocycles. The molecule has 2 heterocycles. The van der Waals surface area contributed by atoms with Gasteiger partial charge in [0, 0.05) is 11.9 Å². The Bertz CT molecular complexity index is 660. The van der Waals surface area contributed by atoms with Gasteiger partial charge in [0.05, 0.1) is 10.6 Å². The van der Waals surface area contributed by atoms with Crippen molar-refractivity contribution in [1.82, 2.24) is 14.8 Å². The lowest BCUT2D eigenvalue weighted by molar-refractivity contribution is -0.137. The highest BCUT2D eigenvalue weighted by molar-refractivity contribution is 7.71. The highest BCUT2D eigenvalue weighted by atomic mass is 35.5. The standard InChI is InChI=1S/C11H9ClF3N3S/c1-2-7-4-9(19)18(17-7)10-8(12)3-6(5-16-10)11(13,14)15/h3-5,17H,2H2,1H3. The van der Waals surface area contributed by atoms with E-state index >= 15 is 0 Å². The van der Waals surface area contributed by atoms with Crippen LogP contribution < -0.4 is 0 Å². The Hall–Kier alpha value is -1.34. The van der Waals surface area contributed by atoms with Crippen LogP contribution in [0.1, 0.15) is 18.2 Å². The van der Waals surface area contributed by atoms with Gasteiger partial charge in [-0.15, -0.1) is 0 Å². The van der Waals surface area contributed by atoms with Crippen molar-refractivity contribution in [2.24, 2.45) is 0 Å². The van der Waals surface area contributed by atoms with E-state index in [1.165, 1.54) is 4.68 Å². The third-order valence-corrected chi connectivity index (χ3v) is 3.09. The van der Waals surface area contributed by atoms with E-state index in [0.717, 1.165) is 24.4 Å². The number of hydrogen-bond donors (Lipinski definition) is 1. The minimum Gasteiger partial charge on any atom is -0.296 e. The molecule has 0 saturated heterocycles. The first-order valence-corrected chi connectivity index (χ1v) is 6.15. The Kier molecular flexibility index (Phi) is 3.69. The summed E-state index contributed by atoms with van der Waals surface area (Å²) in [4.78, 5) is 3.74. The van der Waals surface area contributed by atoms with Crippen molar-refractivity contribution in [1.29, 1.82) is 0 Å². The molecule has 0 bridgehead atoms. The van der Waals surface area contributed by atoms with Gasteiger partial charge in [-0.05, 0) is 18.6 Å². The number of rotatable bonds is 2. The highest BCUT2D eigenvalue weighted by Crippen LogP contribution is 2.31. The third kappa shape index (κ3) is 2.82. The topological polar surface area (TPSA) is 33.6 Å². The molecule has 3 nitrogen and oxygen atoms in total. The van der Waals surface area contributed by atoms with E-state index in [0.29, 0.717) is 4.64 Å². The van der Waals surface area contributed by atoms with Crippen molar-refractivity contribution >= 4 is 23.8 Å². The Balaban J connectivity index is 2.52. The van der Waals surface area contributed by atoms with Crippen LogP contribution in [0.5, 0.6) is 0 Å². The molecule has 1 N–H and O–H groups in total. The van der Waals surface area contributed by atoms with Crippen LogP contribution >= 0.6 is 23.8 Å². The van der Waals surface area contributed by atoms with Gasteiger partial charge in [0.25, 0.3) is 0 Å². The van der Waals surface area contributed by atoms with Crippen molar-refractivity contribution in [3.8, 4) is 5.82 Å². The fourth-order valence-electron chi connectivity index (χ4n) is 1.53. The average molecular weight is 308 g/mol. The molecule has 2 rings (SSSR count). The number of nitrogens with one attached hydrogen (secondary N) is 1. The Morgan fingerprint density at radius 3 is 2.58 bits per heavy atom. The maximum atomic E-state index is 12.5. The van der Waals surface area contributed by atoms with Gasteiger partial charge in [-0.25, -0.2) is 9.67 Å². The largest absolute Gasteiger partial charge is 0.417 e. The predicted octanol–water partition coefficient (Wildman–Crippen LogP) is 4.16. The van der Waals surface area contributed by atoms with Crippen molar-refractivity contribution in [2.75, 3.05) is 0 Å². The third-order valence-electron chi connectivity index (χ3n) is 2.52. The number of halogens is 4. The summed E-state index contributed by atoms with van der Waals surface area (Å²) in [6.45, 7) is 1.92. The van der Waals surface area contributed by atoms with E-state index in [2.05, 4.69) is 10.1 Å². The quantitative estimate of drug-likeness (QED) is 0.845. The first kappa shape index (κ1) is 14.1. The zero-order valence-corrected chi connectivity index (χ0v) is 11.3. The summed E-state index contributed by atoms with van der Waals surface area (Å²) < 4.78 is 39.3. The minimum absolute atomic E-state index is 0.115. The molecule has 2 aromatic rings. The van der Waals surface area contributed by atoms with E-state index < -0.39 is 11.7 Å². The molecular formula is C11H9ClF3N3S. The van der Waals surface area contributed by atoms with Gasteiger partial charge < -0.3 is 0 Å². The zero-order valence-electron chi connectivity index (χ0n) is 9.75. The maximum Gasteiger partial charge on any atom is 0.417 e. The molecule has 0 aliphatic carbocycles. The van der Waals surface area contributed by atoms with Crippen LogP contribution in [-0.4, -0.2) is 14.8 Å². The summed E-state index contributed by atoms with van der Waals surface area (Å²) in [7, 11) is 0. The molecule has 19 heavy (non-hydrogen) atoms.